The maximum Gasteiger partial charge on any atom is 0.306 e. The molecular weight excluding hydrogens is 272 g/mol. The number of hydrogen-bond acceptors (Lipinski definition) is 6. The first-order valence-electron chi connectivity index (χ1n) is 5.84. The summed E-state index contributed by atoms with van der Waals surface area (Å²) in [5.41, 5.74) is 5.99. The van der Waals surface area contributed by atoms with Crippen LogP contribution in [-0.4, -0.2) is 43.1 Å². The third-order valence-corrected chi connectivity index (χ3v) is 3.58. The standard InChI is InChI=1S/C10H18N4O4S/c1-2-18-10(15)3-6-19(16,17)13-4-5-14-8-9(11)7-12-14/h7-8,13H,2-6,11H2,1H3. The van der Waals surface area contributed by atoms with Crippen molar-refractivity contribution in [3.8, 4) is 0 Å². The molecule has 0 aliphatic heterocycles. The molecule has 108 valence electrons. The van der Waals surface area contributed by atoms with Crippen molar-refractivity contribution in [2.45, 2.75) is 19.9 Å². The summed E-state index contributed by atoms with van der Waals surface area (Å²) >= 11 is 0. The molecule has 1 rings (SSSR count). The number of sulfonamides is 1. The van der Waals surface area contributed by atoms with Crippen LogP contribution in [0.2, 0.25) is 0 Å². The molecule has 0 fully saturated rings. The predicted molar refractivity (Wildman–Crippen MR) is 69.7 cm³/mol. The molecule has 1 heterocycles. The molecule has 0 aliphatic carbocycles. The lowest BCUT2D eigenvalue weighted by Crippen LogP contribution is -2.30. The van der Waals surface area contributed by atoms with Crippen LogP contribution in [0.1, 0.15) is 13.3 Å². The van der Waals surface area contributed by atoms with E-state index in [1.165, 1.54) is 10.9 Å². The van der Waals surface area contributed by atoms with Crippen LogP contribution in [0.5, 0.6) is 0 Å². The van der Waals surface area contributed by atoms with Crippen molar-refractivity contribution in [3.05, 3.63) is 12.4 Å². The van der Waals surface area contributed by atoms with E-state index in [2.05, 4.69) is 14.6 Å². The van der Waals surface area contributed by atoms with Gasteiger partial charge < -0.3 is 10.5 Å². The van der Waals surface area contributed by atoms with Gasteiger partial charge in [-0.05, 0) is 6.92 Å². The number of anilines is 1. The first-order chi connectivity index (χ1) is 8.93. The van der Waals surface area contributed by atoms with E-state index in [9.17, 15) is 13.2 Å². The van der Waals surface area contributed by atoms with Crippen molar-refractivity contribution in [1.82, 2.24) is 14.5 Å². The summed E-state index contributed by atoms with van der Waals surface area (Å²) in [6, 6.07) is 0. The number of nitrogens with two attached hydrogens (primary N) is 1. The Labute approximate surface area is 112 Å². The predicted octanol–water partition coefficient (Wildman–Crippen LogP) is -0.662. The Bertz CT molecular complexity index is 511. The molecule has 1 aromatic rings. The maximum atomic E-state index is 11.6. The fourth-order valence-electron chi connectivity index (χ4n) is 1.34. The Hall–Kier alpha value is -1.61. The number of nitrogens with zero attached hydrogens (tertiary/aromatic N) is 2. The molecule has 0 radical (unpaired) electrons. The van der Waals surface area contributed by atoms with Gasteiger partial charge in [-0.1, -0.05) is 0 Å². The molecule has 0 saturated carbocycles. The Kier molecular flexibility index (Phi) is 5.77. The highest BCUT2D eigenvalue weighted by molar-refractivity contribution is 7.89. The van der Waals surface area contributed by atoms with Gasteiger partial charge in [0.05, 0.1) is 37.2 Å². The summed E-state index contributed by atoms with van der Waals surface area (Å²) in [5, 5.41) is 3.92. The van der Waals surface area contributed by atoms with Gasteiger partial charge in [0.15, 0.2) is 0 Å². The summed E-state index contributed by atoms with van der Waals surface area (Å²) < 4.78 is 31.7. The van der Waals surface area contributed by atoms with E-state index >= 15 is 0 Å². The van der Waals surface area contributed by atoms with Gasteiger partial charge in [0, 0.05) is 12.7 Å². The normalized spacial score (nSPS) is 11.4. The van der Waals surface area contributed by atoms with Crippen LogP contribution in [-0.2, 0) is 26.1 Å². The first-order valence-corrected chi connectivity index (χ1v) is 7.49. The molecule has 9 heteroatoms. The summed E-state index contributed by atoms with van der Waals surface area (Å²) in [5.74, 6) is -0.805. The van der Waals surface area contributed by atoms with Crippen LogP contribution >= 0.6 is 0 Å². The fraction of sp³-hybridized carbons (Fsp3) is 0.600. The Balaban J connectivity index is 2.28. The first kappa shape index (κ1) is 15.4. The second kappa shape index (κ2) is 7.10. The molecule has 0 aromatic carbocycles. The third kappa shape index (κ3) is 6.20. The highest BCUT2D eigenvalue weighted by atomic mass is 32.2. The van der Waals surface area contributed by atoms with E-state index in [0.717, 1.165) is 0 Å². The van der Waals surface area contributed by atoms with E-state index in [0.29, 0.717) is 12.2 Å². The molecule has 0 aliphatic rings. The molecule has 1 aromatic heterocycles. The average molecular weight is 290 g/mol. The lowest BCUT2D eigenvalue weighted by molar-refractivity contribution is -0.142. The zero-order chi connectivity index (χ0) is 14.3. The number of rotatable bonds is 8. The highest BCUT2D eigenvalue weighted by Crippen LogP contribution is 1.97. The zero-order valence-corrected chi connectivity index (χ0v) is 11.5. The van der Waals surface area contributed by atoms with E-state index in [1.54, 1.807) is 13.1 Å². The van der Waals surface area contributed by atoms with Gasteiger partial charge in [-0.15, -0.1) is 0 Å². The quantitative estimate of drug-likeness (QED) is 0.614. The molecule has 3 N–H and O–H groups in total. The minimum atomic E-state index is -3.48. The van der Waals surface area contributed by atoms with Crippen LogP contribution in [0.25, 0.3) is 0 Å². The topological polar surface area (TPSA) is 116 Å². The second-order valence-corrected chi connectivity index (χ2v) is 5.73. The van der Waals surface area contributed by atoms with Gasteiger partial charge in [-0.2, -0.15) is 5.10 Å². The second-order valence-electron chi connectivity index (χ2n) is 3.80. The van der Waals surface area contributed by atoms with E-state index in [1.807, 2.05) is 0 Å². The van der Waals surface area contributed by atoms with Crippen LogP contribution < -0.4 is 10.5 Å². The van der Waals surface area contributed by atoms with Crippen LogP contribution in [0.4, 0.5) is 5.69 Å². The molecule has 0 saturated heterocycles. The third-order valence-electron chi connectivity index (χ3n) is 2.20. The average Bonchev–Trinajstić information content (AvgIpc) is 2.73. The minimum absolute atomic E-state index is 0.155. The minimum Gasteiger partial charge on any atom is -0.466 e. The highest BCUT2D eigenvalue weighted by Gasteiger charge is 2.13. The number of carbonyl (C=O) groups is 1. The maximum absolute atomic E-state index is 11.6. The van der Waals surface area contributed by atoms with E-state index < -0.39 is 16.0 Å². The largest absolute Gasteiger partial charge is 0.466 e. The van der Waals surface area contributed by atoms with E-state index in [-0.39, 0.29) is 25.3 Å². The van der Waals surface area contributed by atoms with Gasteiger partial charge in [-0.3, -0.25) is 9.48 Å². The summed E-state index contributed by atoms with van der Waals surface area (Å²) in [6.45, 7) is 2.47. The molecule has 0 bridgehead atoms. The van der Waals surface area contributed by atoms with Crippen molar-refractivity contribution in [2.75, 3.05) is 24.6 Å². The lowest BCUT2D eigenvalue weighted by atomic mass is 10.5. The lowest BCUT2D eigenvalue weighted by Gasteiger charge is -2.06. The molecular formula is C10H18N4O4S. The van der Waals surface area contributed by atoms with Crippen molar-refractivity contribution >= 4 is 21.7 Å². The number of nitrogens with one attached hydrogen (secondary N) is 1. The molecule has 0 atom stereocenters. The number of esters is 1. The Morgan fingerprint density at radius 3 is 2.89 bits per heavy atom. The van der Waals surface area contributed by atoms with Gasteiger partial charge >= 0.3 is 5.97 Å². The number of hydrogen-bond donors (Lipinski definition) is 2. The molecule has 8 nitrogen and oxygen atoms in total. The SMILES string of the molecule is CCOC(=O)CCS(=O)(=O)NCCn1cc(N)cn1. The van der Waals surface area contributed by atoms with Crippen molar-refractivity contribution in [2.24, 2.45) is 0 Å². The van der Waals surface area contributed by atoms with Crippen molar-refractivity contribution in [1.29, 1.82) is 0 Å². The van der Waals surface area contributed by atoms with Gasteiger partial charge in [0.1, 0.15) is 0 Å². The Morgan fingerprint density at radius 1 is 1.58 bits per heavy atom. The smallest absolute Gasteiger partial charge is 0.306 e. The number of nitrogen functional groups attached to an aromatic ring is 1. The van der Waals surface area contributed by atoms with Gasteiger partial charge in [0.25, 0.3) is 0 Å². The number of carbonyl (C=O) groups excluding carboxylic acids is 1. The molecule has 0 unspecified atom stereocenters. The summed E-state index contributed by atoms with van der Waals surface area (Å²) in [7, 11) is -3.48. The molecule has 19 heavy (non-hydrogen) atoms. The molecule has 0 spiro atoms. The van der Waals surface area contributed by atoms with Gasteiger partial charge in [0.2, 0.25) is 10.0 Å². The Morgan fingerprint density at radius 2 is 2.32 bits per heavy atom. The van der Waals surface area contributed by atoms with Crippen molar-refractivity contribution in [3.63, 3.8) is 0 Å². The summed E-state index contributed by atoms with van der Waals surface area (Å²) in [4.78, 5) is 11.0. The van der Waals surface area contributed by atoms with Crippen LogP contribution in [0.15, 0.2) is 12.4 Å². The zero-order valence-electron chi connectivity index (χ0n) is 10.7. The summed E-state index contributed by atoms with van der Waals surface area (Å²) in [6.07, 6.45) is 2.93. The monoisotopic (exact) mass is 290 g/mol. The van der Waals surface area contributed by atoms with Crippen LogP contribution in [0, 0.1) is 0 Å². The number of aromatic nitrogens is 2. The fourth-order valence-corrected chi connectivity index (χ4v) is 2.32. The van der Waals surface area contributed by atoms with Crippen LogP contribution in [0.3, 0.4) is 0 Å². The van der Waals surface area contributed by atoms with E-state index in [4.69, 9.17) is 5.73 Å². The molecule has 0 amide bonds. The number of ether oxygens (including phenoxy) is 1. The van der Waals surface area contributed by atoms with Crippen molar-refractivity contribution < 1.29 is 17.9 Å². The van der Waals surface area contributed by atoms with Gasteiger partial charge in [-0.25, -0.2) is 13.1 Å².